The Morgan fingerprint density at radius 2 is 2.07 bits per heavy atom. The molecule has 0 radical (unpaired) electrons. The maximum absolute atomic E-state index is 11.6. The van der Waals surface area contributed by atoms with Gasteiger partial charge in [0.25, 0.3) is 0 Å². The maximum atomic E-state index is 11.6. The van der Waals surface area contributed by atoms with Crippen molar-refractivity contribution in [3.05, 3.63) is 0 Å². The standard InChI is InChI=1S/C12H22O2/c1-2-3-8-11-9-6-4-5-7-10-14-12(11)13/h11H,2-10H2,1H3. The summed E-state index contributed by atoms with van der Waals surface area (Å²) in [7, 11) is 0. The molecule has 0 spiro atoms. The molecule has 0 N–H and O–H groups in total. The van der Waals surface area contributed by atoms with E-state index < -0.39 is 0 Å². The summed E-state index contributed by atoms with van der Waals surface area (Å²) in [5.41, 5.74) is 0. The van der Waals surface area contributed by atoms with Crippen molar-refractivity contribution in [2.45, 2.75) is 58.3 Å². The molecule has 0 aliphatic carbocycles. The van der Waals surface area contributed by atoms with E-state index in [4.69, 9.17) is 4.74 Å². The van der Waals surface area contributed by atoms with E-state index in [1.54, 1.807) is 0 Å². The van der Waals surface area contributed by atoms with Gasteiger partial charge in [0, 0.05) is 0 Å². The molecule has 1 rings (SSSR count). The van der Waals surface area contributed by atoms with E-state index in [0.29, 0.717) is 6.61 Å². The van der Waals surface area contributed by atoms with Crippen LogP contribution < -0.4 is 0 Å². The molecule has 1 heterocycles. The molecule has 1 aliphatic rings. The van der Waals surface area contributed by atoms with Crippen molar-refractivity contribution in [3.63, 3.8) is 0 Å². The third kappa shape index (κ3) is 4.12. The molecular weight excluding hydrogens is 176 g/mol. The summed E-state index contributed by atoms with van der Waals surface area (Å²) in [5.74, 6) is 0.244. The molecule has 1 saturated heterocycles. The first-order valence-corrected chi connectivity index (χ1v) is 6.01. The van der Waals surface area contributed by atoms with Gasteiger partial charge < -0.3 is 4.74 Å². The van der Waals surface area contributed by atoms with Crippen molar-refractivity contribution in [2.75, 3.05) is 6.61 Å². The normalized spacial score (nSPS) is 24.6. The number of unbranched alkanes of at least 4 members (excludes halogenated alkanes) is 1. The smallest absolute Gasteiger partial charge is 0.308 e. The molecule has 1 atom stereocenters. The van der Waals surface area contributed by atoms with Gasteiger partial charge in [-0.25, -0.2) is 0 Å². The first-order valence-electron chi connectivity index (χ1n) is 6.01. The molecule has 1 aliphatic heterocycles. The Balaban J connectivity index is 2.36. The number of rotatable bonds is 3. The average Bonchev–Trinajstić information content (AvgIpc) is 2.28. The largest absolute Gasteiger partial charge is 0.465 e. The highest BCUT2D eigenvalue weighted by Gasteiger charge is 2.19. The summed E-state index contributed by atoms with van der Waals surface area (Å²) in [5, 5.41) is 0. The van der Waals surface area contributed by atoms with Crippen LogP contribution in [0.4, 0.5) is 0 Å². The number of carbonyl (C=O) groups is 1. The SMILES string of the molecule is CCCCC1CCCCCCOC1=O. The molecule has 0 aromatic carbocycles. The highest BCUT2D eigenvalue weighted by Crippen LogP contribution is 2.20. The molecule has 0 bridgehead atoms. The topological polar surface area (TPSA) is 26.3 Å². The minimum atomic E-state index is 0.0559. The Hall–Kier alpha value is -0.530. The summed E-state index contributed by atoms with van der Waals surface area (Å²) < 4.78 is 5.23. The second-order valence-electron chi connectivity index (χ2n) is 4.21. The maximum Gasteiger partial charge on any atom is 0.308 e. The van der Waals surface area contributed by atoms with Crippen LogP contribution in [0.15, 0.2) is 0 Å². The molecule has 1 unspecified atom stereocenters. The molecular formula is C12H22O2. The van der Waals surface area contributed by atoms with Gasteiger partial charge in [0.2, 0.25) is 0 Å². The van der Waals surface area contributed by atoms with Gasteiger partial charge in [0.1, 0.15) is 0 Å². The minimum Gasteiger partial charge on any atom is -0.465 e. The molecule has 0 saturated carbocycles. The van der Waals surface area contributed by atoms with Crippen LogP contribution in [0.1, 0.15) is 58.3 Å². The van der Waals surface area contributed by atoms with E-state index in [9.17, 15) is 4.79 Å². The molecule has 0 amide bonds. The van der Waals surface area contributed by atoms with Crippen molar-refractivity contribution in [1.29, 1.82) is 0 Å². The number of carbonyl (C=O) groups excluding carboxylic acids is 1. The molecule has 2 heteroatoms. The van der Waals surface area contributed by atoms with Gasteiger partial charge in [-0.05, 0) is 19.3 Å². The Labute approximate surface area is 87.0 Å². The van der Waals surface area contributed by atoms with Gasteiger partial charge >= 0.3 is 5.97 Å². The minimum absolute atomic E-state index is 0.0559. The molecule has 14 heavy (non-hydrogen) atoms. The Bertz CT molecular complexity index is 166. The van der Waals surface area contributed by atoms with Crippen LogP contribution in [-0.2, 0) is 9.53 Å². The third-order valence-electron chi connectivity index (χ3n) is 2.93. The van der Waals surface area contributed by atoms with Crippen LogP contribution in [0.25, 0.3) is 0 Å². The van der Waals surface area contributed by atoms with Crippen LogP contribution in [-0.4, -0.2) is 12.6 Å². The number of esters is 1. The van der Waals surface area contributed by atoms with Gasteiger partial charge in [-0.2, -0.15) is 0 Å². The predicted octanol–water partition coefficient (Wildman–Crippen LogP) is 3.30. The zero-order valence-corrected chi connectivity index (χ0v) is 9.26. The summed E-state index contributed by atoms with van der Waals surface area (Å²) in [6.07, 6.45) is 9.11. The van der Waals surface area contributed by atoms with Gasteiger partial charge in [-0.1, -0.05) is 39.0 Å². The highest BCUT2D eigenvalue weighted by atomic mass is 16.5. The predicted molar refractivity (Wildman–Crippen MR) is 57.1 cm³/mol. The lowest BCUT2D eigenvalue weighted by Crippen LogP contribution is -2.17. The molecule has 0 aromatic heterocycles. The zero-order chi connectivity index (χ0) is 10.2. The van der Waals surface area contributed by atoms with Crippen molar-refractivity contribution < 1.29 is 9.53 Å². The number of hydrogen-bond donors (Lipinski definition) is 0. The van der Waals surface area contributed by atoms with E-state index >= 15 is 0 Å². The number of ether oxygens (including phenoxy) is 1. The summed E-state index contributed by atoms with van der Waals surface area (Å²) in [6.45, 7) is 2.81. The lowest BCUT2D eigenvalue weighted by atomic mass is 9.96. The van der Waals surface area contributed by atoms with Gasteiger partial charge in [0.15, 0.2) is 0 Å². The number of cyclic esters (lactones) is 1. The lowest BCUT2D eigenvalue weighted by Gasteiger charge is -2.13. The first-order chi connectivity index (χ1) is 6.84. The highest BCUT2D eigenvalue weighted by molar-refractivity contribution is 5.72. The van der Waals surface area contributed by atoms with Gasteiger partial charge in [-0.3, -0.25) is 4.79 Å². The molecule has 82 valence electrons. The van der Waals surface area contributed by atoms with Crippen LogP contribution in [0.3, 0.4) is 0 Å². The van der Waals surface area contributed by atoms with E-state index in [-0.39, 0.29) is 11.9 Å². The second-order valence-corrected chi connectivity index (χ2v) is 4.21. The summed E-state index contributed by atoms with van der Waals surface area (Å²) in [6, 6.07) is 0. The van der Waals surface area contributed by atoms with Crippen molar-refractivity contribution in [3.8, 4) is 0 Å². The van der Waals surface area contributed by atoms with Gasteiger partial charge in [0.05, 0.1) is 12.5 Å². The van der Waals surface area contributed by atoms with Crippen LogP contribution >= 0.6 is 0 Å². The number of hydrogen-bond acceptors (Lipinski definition) is 2. The van der Waals surface area contributed by atoms with Crippen molar-refractivity contribution >= 4 is 5.97 Å². The van der Waals surface area contributed by atoms with E-state index in [1.165, 1.54) is 25.7 Å². The fraction of sp³-hybridized carbons (Fsp3) is 0.917. The molecule has 2 nitrogen and oxygen atoms in total. The quantitative estimate of drug-likeness (QED) is 0.650. The lowest BCUT2D eigenvalue weighted by molar-refractivity contribution is -0.149. The van der Waals surface area contributed by atoms with Crippen LogP contribution in [0.5, 0.6) is 0 Å². The van der Waals surface area contributed by atoms with E-state index in [0.717, 1.165) is 25.7 Å². The van der Waals surface area contributed by atoms with E-state index in [2.05, 4.69) is 6.92 Å². The third-order valence-corrected chi connectivity index (χ3v) is 2.93. The monoisotopic (exact) mass is 198 g/mol. The van der Waals surface area contributed by atoms with Crippen molar-refractivity contribution in [2.24, 2.45) is 5.92 Å². The molecule has 1 fully saturated rings. The zero-order valence-electron chi connectivity index (χ0n) is 9.26. The van der Waals surface area contributed by atoms with Gasteiger partial charge in [-0.15, -0.1) is 0 Å². The molecule has 0 aromatic rings. The summed E-state index contributed by atoms with van der Waals surface area (Å²) in [4.78, 5) is 11.6. The average molecular weight is 198 g/mol. The summed E-state index contributed by atoms with van der Waals surface area (Å²) >= 11 is 0. The van der Waals surface area contributed by atoms with E-state index in [1.807, 2.05) is 0 Å². The second kappa shape index (κ2) is 6.86. The van der Waals surface area contributed by atoms with Crippen LogP contribution in [0.2, 0.25) is 0 Å². The fourth-order valence-electron chi connectivity index (χ4n) is 1.97. The van der Waals surface area contributed by atoms with Crippen molar-refractivity contribution in [1.82, 2.24) is 0 Å². The Morgan fingerprint density at radius 1 is 1.29 bits per heavy atom. The van der Waals surface area contributed by atoms with Crippen LogP contribution in [0, 0.1) is 5.92 Å². The Morgan fingerprint density at radius 3 is 2.86 bits per heavy atom. The first kappa shape index (κ1) is 11.5. The fourth-order valence-corrected chi connectivity index (χ4v) is 1.97. The Kier molecular flexibility index (Phi) is 5.65.